The van der Waals surface area contributed by atoms with E-state index in [1.165, 1.54) is 0 Å². The van der Waals surface area contributed by atoms with Crippen molar-refractivity contribution in [2.45, 2.75) is 6.42 Å². The molecule has 2 heterocycles. The van der Waals surface area contributed by atoms with E-state index in [9.17, 15) is 4.79 Å². The van der Waals surface area contributed by atoms with E-state index in [4.69, 9.17) is 9.47 Å². The Morgan fingerprint density at radius 2 is 2.19 bits per heavy atom. The molecule has 2 aromatic rings. The minimum absolute atomic E-state index is 0.220. The first-order valence-electron chi connectivity index (χ1n) is 6.77. The van der Waals surface area contributed by atoms with E-state index in [-0.39, 0.29) is 6.09 Å². The molecule has 1 amide bonds. The van der Waals surface area contributed by atoms with Gasteiger partial charge in [-0.15, -0.1) is 11.3 Å². The Labute approximate surface area is 127 Å². The first-order valence-corrected chi connectivity index (χ1v) is 7.65. The van der Waals surface area contributed by atoms with Gasteiger partial charge >= 0.3 is 6.09 Å². The van der Waals surface area contributed by atoms with Crippen LogP contribution in [0.25, 0.3) is 11.3 Å². The van der Waals surface area contributed by atoms with Gasteiger partial charge in [0.05, 0.1) is 24.4 Å². The minimum Gasteiger partial charge on any atom is -0.497 e. The number of thiazole rings is 1. The zero-order chi connectivity index (χ0) is 14.7. The maximum atomic E-state index is 11.4. The third kappa shape index (κ3) is 3.16. The summed E-state index contributed by atoms with van der Waals surface area (Å²) in [5, 5.41) is 3.07. The van der Waals surface area contributed by atoms with Crippen molar-refractivity contribution >= 4 is 17.4 Å². The molecule has 0 atom stereocenters. The lowest BCUT2D eigenvalue weighted by molar-refractivity contribution is 0.159. The number of methoxy groups -OCH3 is 1. The van der Waals surface area contributed by atoms with Gasteiger partial charge in [0.1, 0.15) is 12.4 Å². The van der Waals surface area contributed by atoms with Crippen LogP contribution in [0, 0.1) is 0 Å². The molecule has 110 valence electrons. The van der Waals surface area contributed by atoms with Crippen LogP contribution in [0.3, 0.4) is 0 Å². The van der Waals surface area contributed by atoms with E-state index in [0.29, 0.717) is 19.7 Å². The first-order chi connectivity index (χ1) is 10.3. The molecular formula is C15H16N2O3S. The molecule has 3 rings (SSSR count). The third-order valence-corrected chi connectivity index (χ3v) is 4.29. The Balaban J connectivity index is 1.63. The highest BCUT2D eigenvalue weighted by Crippen LogP contribution is 2.24. The van der Waals surface area contributed by atoms with Crippen LogP contribution < -0.4 is 4.74 Å². The Kier molecular flexibility index (Phi) is 4.06. The maximum absolute atomic E-state index is 11.4. The molecule has 0 unspecified atom stereocenters. The van der Waals surface area contributed by atoms with Gasteiger partial charge in [-0.3, -0.25) is 0 Å². The van der Waals surface area contributed by atoms with Crippen molar-refractivity contribution < 1.29 is 14.3 Å². The molecule has 0 aliphatic carbocycles. The largest absolute Gasteiger partial charge is 0.497 e. The lowest BCUT2D eigenvalue weighted by Crippen LogP contribution is -2.26. The zero-order valence-electron chi connectivity index (χ0n) is 11.7. The number of hydrogen-bond donors (Lipinski definition) is 0. The number of hydrogen-bond acceptors (Lipinski definition) is 5. The molecule has 1 aromatic carbocycles. The summed E-state index contributed by atoms with van der Waals surface area (Å²) in [6.45, 7) is 1.83. The molecular weight excluding hydrogens is 288 g/mol. The van der Waals surface area contributed by atoms with Crippen molar-refractivity contribution in [3.63, 3.8) is 0 Å². The summed E-state index contributed by atoms with van der Waals surface area (Å²) in [5.74, 6) is 0.835. The van der Waals surface area contributed by atoms with Gasteiger partial charge in [-0.25, -0.2) is 9.78 Å². The van der Waals surface area contributed by atoms with Crippen molar-refractivity contribution in [1.29, 1.82) is 0 Å². The number of carbonyl (C=O) groups is 1. The first kappa shape index (κ1) is 13.9. The van der Waals surface area contributed by atoms with Gasteiger partial charge in [0.15, 0.2) is 0 Å². The topological polar surface area (TPSA) is 51.7 Å². The molecule has 1 saturated heterocycles. The second kappa shape index (κ2) is 6.13. The van der Waals surface area contributed by atoms with Gasteiger partial charge in [-0.2, -0.15) is 0 Å². The second-order valence-electron chi connectivity index (χ2n) is 4.71. The highest BCUT2D eigenvalue weighted by atomic mass is 32.1. The fraction of sp³-hybridized carbons (Fsp3) is 0.333. The van der Waals surface area contributed by atoms with Crippen molar-refractivity contribution in [3.05, 3.63) is 34.7 Å². The molecule has 1 aliphatic rings. The van der Waals surface area contributed by atoms with Crippen LogP contribution in [0.1, 0.15) is 5.01 Å². The molecule has 0 spiro atoms. The van der Waals surface area contributed by atoms with Gasteiger partial charge in [-0.05, 0) is 24.3 Å². The second-order valence-corrected chi connectivity index (χ2v) is 5.65. The number of cyclic esters (lactones) is 1. The van der Waals surface area contributed by atoms with Gasteiger partial charge in [0.25, 0.3) is 0 Å². The number of amides is 1. The Morgan fingerprint density at radius 1 is 1.38 bits per heavy atom. The van der Waals surface area contributed by atoms with Gasteiger partial charge in [0.2, 0.25) is 0 Å². The number of nitrogens with zero attached hydrogens (tertiary/aromatic N) is 2. The SMILES string of the molecule is COc1ccc(-c2csc(CCN3CCOC3=O)n2)cc1. The van der Waals surface area contributed by atoms with Crippen LogP contribution in [0.4, 0.5) is 4.79 Å². The lowest BCUT2D eigenvalue weighted by Gasteiger charge is -2.10. The summed E-state index contributed by atoms with van der Waals surface area (Å²) < 4.78 is 10.1. The van der Waals surface area contributed by atoms with E-state index in [1.54, 1.807) is 23.3 Å². The molecule has 1 fully saturated rings. The summed E-state index contributed by atoms with van der Waals surface area (Å²) >= 11 is 1.62. The summed E-state index contributed by atoms with van der Waals surface area (Å²) in [4.78, 5) is 17.7. The average Bonchev–Trinajstić information content (AvgIpc) is 3.14. The summed E-state index contributed by atoms with van der Waals surface area (Å²) in [6.07, 6.45) is 0.539. The van der Waals surface area contributed by atoms with Gasteiger partial charge in [-0.1, -0.05) is 0 Å². The predicted octanol–water partition coefficient (Wildman–Crippen LogP) is 2.81. The van der Waals surface area contributed by atoms with E-state index in [2.05, 4.69) is 4.98 Å². The Hall–Kier alpha value is -2.08. The number of rotatable bonds is 5. The quantitative estimate of drug-likeness (QED) is 0.852. The Bertz CT molecular complexity index is 624. The average molecular weight is 304 g/mol. The van der Waals surface area contributed by atoms with Crippen molar-refractivity contribution in [2.24, 2.45) is 0 Å². The van der Waals surface area contributed by atoms with Crippen LogP contribution in [-0.4, -0.2) is 42.8 Å². The number of aromatic nitrogens is 1. The molecule has 0 radical (unpaired) electrons. The van der Waals surface area contributed by atoms with E-state index < -0.39 is 0 Å². The lowest BCUT2D eigenvalue weighted by atomic mass is 10.2. The highest BCUT2D eigenvalue weighted by molar-refractivity contribution is 7.09. The smallest absolute Gasteiger partial charge is 0.409 e. The van der Waals surface area contributed by atoms with E-state index in [0.717, 1.165) is 28.4 Å². The zero-order valence-corrected chi connectivity index (χ0v) is 12.6. The molecule has 5 nitrogen and oxygen atoms in total. The van der Waals surface area contributed by atoms with Crippen molar-refractivity contribution in [3.8, 4) is 17.0 Å². The molecule has 1 aliphatic heterocycles. The summed E-state index contributed by atoms with van der Waals surface area (Å²) in [6, 6.07) is 7.84. The number of carbonyl (C=O) groups excluding carboxylic acids is 1. The van der Waals surface area contributed by atoms with Crippen LogP contribution in [-0.2, 0) is 11.2 Å². The monoisotopic (exact) mass is 304 g/mol. The normalized spacial score (nSPS) is 14.3. The van der Waals surface area contributed by atoms with Crippen molar-refractivity contribution in [2.75, 3.05) is 26.8 Å². The van der Waals surface area contributed by atoms with Crippen LogP contribution in [0.2, 0.25) is 0 Å². The molecule has 0 N–H and O–H groups in total. The minimum atomic E-state index is -0.220. The fourth-order valence-corrected chi connectivity index (χ4v) is 2.98. The predicted molar refractivity (Wildman–Crippen MR) is 80.7 cm³/mol. The summed E-state index contributed by atoms with van der Waals surface area (Å²) in [7, 11) is 1.65. The third-order valence-electron chi connectivity index (χ3n) is 3.38. The standard InChI is InChI=1S/C15H16N2O3S/c1-19-12-4-2-11(3-5-12)13-10-21-14(16-13)6-7-17-8-9-20-15(17)18/h2-5,10H,6-9H2,1H3. The van der Waals surface area contributed by atoms with Gasteiger partial charge < -0.3 is 14.4 Å². The molecule has 1 aromatic heterocycles. The maximum Gasteiger partial charge on any atom is 0.409 e. The molecule has 0 saturated carbocycles. The van der Waals surface area contributed by atoms with E-state index in [1.807, 2.05) is 29.6 Å². The molecule has 6 heteroatoms. The fourth-order valence-electron chi connectivity index (χ4n) is 2.18. The summed E-state index contributed by atoms with van der Waals surface area (Å²) in [5.41, 5.74) is 2.03. The number of benzene rings is 1. The van der Waals surface area contributed by atoms with Crippen molar-refractivity contribution in [1.82, 2.24) is 9.88 Å². The van der Waals surface area contributed by atoms with Crippen LogP contribution in [0.5, 0.6) is 5.75 Å². The van der Waals surface area contributed by atoms with E-state index >= 15 is 0 Å². The molecule has 0 bridgehead atoms. The van der Waals surface area contributed by atoms with Crippen LogP contribution in [0.15, 0.2) is 29.6 Å². The Morgan fingerprint density at radius 3 is 2.86 bits per heavy atom. The highest BCUT2D eigenvalue weighted by Gasteiger charge is 2.21. The molecule has 21 heavy (non-hydrogen) atoms. The number of ether oxygens (including phenoxy) is 2. The van der Waals surface area contributed by atoms with Gasteiger partial charge in [0, 0.05) is 23.9 Å². The van der Waals surface area contributed by atoms with Crippen LogP contribution >= 0.6 is 11.3 Å².